The van der Waals surface area contributed by atoms with Crippen LogP contribution < -0.4 is 0 Å². The van der Waals surface area contributed by atoms with Gasteiger partial charge in [0.05, 0.1) is 15.6 Å². The Kier molecular flexibility index (Phi) is 2.81. The van der Waals surface area contributed by atoms with Crippen LogP contribution in [0.4, 0.5) is 0 Å². The molecule has 0 atom stereocenters. The first-order valence-corrected chi connectivity index (χ1v) is 6.43. The molecule has 0 bridgehead atoms. The third kappa shape index (κ3) is 1.71. The fourth-order valence-corrected chi connectivity index (χ4v) is 2.71. The third-order valence-electron chi connectivity index (χ3n) is 3.16. The van der Waals surface area contributed by atoms with Crippen molar-refractivity contribution in [2.45, 2.75) is 0 Å². The van der Waals surface area contributed by atoms with Crippen LogP contribution in [0.2, 0.25) is 10.0 Å². The molecule has 1 heterocycles. The predicted molar refractivity (Wildman–Crippen MR) is 78.4 cm³/mol. The van der Waals surface area contributed by atoms with Crippen LogP contribution in [-0.4, -0.2) is 4.57 Å². The minimum absolute atomic E-state index is 0.588. The molecule has 1 aromatic heterocycles. The Morgan fingerprint density at radius 1 is 0.944 bits per heavy atom. The Bertz CT molecular complexity index is 714. The van der Waals surface area contributed by atoms with E-state index < -0.39 is 0 Å². The zero-order valence-corrected chi connectivity index (χ0v) is 11.3. The van der Waals surface area contributed by atoms with Crippen molar-refractivity contribution in [1.29, 1.82) is 0 Å². The highest BCUT2D eigenvalue weighted by molar-refractivity contribution is 6.45. The smallest absolute Gasteiger partial charge is 0.0835 e. The number of nitrogens with zero attached hydrogens (tertiary/aromatic N) is 1. The Hall–Kier alpha value is -1.44. The van der Waals surface area contributed by atoms with E-state index in [0.717, 1.165) is 16.6 Å². The van der Waals surface area contributed by atoms with Crippen molar-refractivity contribution >= 4 is 34.1 Å². The largest absolute Gasteiger partial charge is 0.342 e. The van der Waals surface area contributed by atoms with Gasteiger partial charge >= 0.3 is 0 Å². The van der Waals surface area contributed by atoms with Gasteiger partial charge in [-0.05, 0) is 17.7 Å². The van der Waals surface area contributed by atoms with E-state index in [1.165, 1.54) is 5.56 Å². The molecule has 0 unspecified atom stereocenters. The molecular formula is C15H11Cl2N. The quantitative estimate of drug-likeness (QED) is 0.579. The SMILES string of the molecule is Cn1c(-c2ccccc2)cc2ccc(Cl)c(Cl)c21. The summed E-state index contributed by atoms with van der Waals surface area (Å²) in [5.74, 6) is 0. The summed E-state index contributed by atoms with van der Waals surface area (Å²) in [6.07, 6.45) is 0. The standard InChI is InChI=1S/C15H11Cl2N/c1-18-13(10-5-3-2-4-6-10)9-11-7-8-12(16)14(17)15(11)18/h2-9H,1H3. The van der Waals surface area contributed by atoms with E-state index in [2.05, 4.69) is 22.8 Å². The van der Waals surface area contributed by atoms with Gasteiger partial charge in [-0.15, -0.1) is 0 Å². The first-order chi connectivity index (χ1) is 8.68. The van der Waals surface area contributed by atoms with Crippen LogP contribution >= 0.6 is 23.2 Å². The number of fused-ring (bicyclic) bond motifs is 1. The van der Waals surface area contributed by atoms with Gasteiger partial charge in [0.25, 0.3) is 0 Å². The van der Waals surface area contributed by atoms with Gasteiger partial charge in [0.2, 0.25) is 0 Å². The van der Waals surface area contributed by atoms with Crippen molar-refractivity contribution in [3.8, 4) is 11.3 Å². The van der Waals surface area contributed by atoms with Crippen LogP contribution in [0, 0.1) is 0 Å². The summed E-state index contributed by atoms with van der Waals surface area (Å²) in [6, 6.07) is 16.2. The predicted octanol–water partition coefficient (Wildman–Crippen LogP) is 5.15. The van der Waals surface area contributed by atoms with Crippen molar-refractivity contribution in [3.63, 3.8) is 0 Å². The fraction of sp³-hybridized carbons (Fsp3) is 0.0667. The molecule has 3 heteroatoms. The number of aryl methyl sites for hydroxylation is 1. The minimum atomic E-state index is 0.588. The van der Waals surface area contributed by atoms with Gasteiger partial charge in [-0.2, -0.15) is 0 Å². The first kappa shape index (κ1) is 11.6. The Morgan fingerprint density at radius 2 is 1.67 bits per heavy atom. The summed E-state index contributed by atoms with van der Waals surface area (Å²) >= 11 is 12.3. The van der Waals surface area contributed by atoms with E-state index in [4.69, 9.17) is 23.2 Å². The van der Waals surface area contributed by atoms with Crippen molar-refractivity contribution in [2.75, 3.05) is 0 Å². The van der Waals surface area contributed by atoms with Crippen LogP contribution in [0.3, 0.4) is 0 Å². The molecule has 18 heavy (non-hydrogen) atoms. The number of benzene rings is 2. The lowest BCUT2D eigenvalue weighted by molar-refractivity contribution is 0.978. The lowest BCUT2D eigenvalue weighted by Gasteiger charge is -2.05. The van der Waals surface area contributed by atoms with Crippen molar-refractivity contribution in [2.24, 2.45) is 7.05 Å². The topological polar surface area (TPSA) is 4.93 Å². The fourth-order valence-electron chi connectivity index (χ4n) is 2.26. The average Bonchev–Trinajstić information content (AvgIpc) is 2.73. The van der Waals surface area contributed by atoms with Crippen LogP contribution in [0.5, 0.6) is 0 Å². The molecular weight excluding hydrogens is 265 g/mol. The van der Waals surface area contributed by atoms with E-state index in [1.807, 2.05) is 37.4 Å². The molecule has 0 fully saturated rings. The van der Waals surface area contributed by atoms with E-state index in [9.17, 15) is 0 Å². The molecule has 0 N–H and O–H groups in total. The van der Waals surface area contributed by atoms with Crippen molar-refractivity contribution < 1.29 is 0 Å². The number of hydrogen-bond donors (Lipinski definition) is 0. The maximum atomic E-state index is 6.28. The van der Waals surface area contributed by atoms with E-state index in [-0.39, 0.29) is 0 Å². The zero-order chi connectivity index (χ0) is 12.7. The molecule has 3 aromatic rings. The van der Waals surface area contributed by atoms with Crippen LogP contribution in [0.25, 0.3) is 22.2 Å². The molecule has 0 spiro atoms. The summed E-state index contributed by atoms with van der Waals surface area (Å²) in [7, 11) is 2.01. The van der Waals surface area contributed by atoms with Gasteiger partial charge in [-0.25, -0.2) is 0 Å². The van der Waals surface area contributed by atoms with Gasteiger partial charge in [-0.1, -0.05) is 59.6 Å². The second-order valence-corrected chi connectivity index (χ2v) is 5.04. The lowest BCUT2D eigenvalue weighted by Crippen LogP contribution is -1.91. The normalized spacial score (nSPS) is 11.1. The summed E-state index contributed by atoms with van der Waals surface area (Å²) in [6.45, 7) is 0. The minimum Gasteiger partial charge on any atom is -0.342 e. The molecule has 0 amide bonds. The summed E-state index contributed by atoms with van der Waals surface area (Å²) in [5, 5.41) is 2.30. The monoisotopic (exact) mass is 275 g/mol. The highest BCUT2D eigenvalue weighted by atomic mass is 35.5. The second-order valence-electron chi connectivity index (χ2n) is 4.25. The Labute approximate surface area is 116 Å². The summed E-state index contributed by atoms with van der Waals surface area (Å²) in [4.78, 5) is 0. The average molecular weight is 276 g/mol. The number of rotatable bonds is 1. The van der Waals surface area contributed by atoms with Gasteiger partial charge in [-0.3, -0.25) is 0 Å². The van der Waals surface area contributed by atoms with E-state index in [0.29, 0.717) is 10.0 Å². The maximum absolute atomic E-state index is 6.28. The molecule has 90 valence electrons. The van der Waals surface area contributed by atoms with Gasteiger partial charge in [0.1, 0.15) is 0 Å². The first-order valence-electron chi connectivity index (χ1n) is 5.67. The molecule has 0 aliphatic heterocycles. The molecule has 0 aliphatic carbocycles. The number of hydrogen-bond acceptors (Lipinski definition) is 0. The van der Waals surface area contributed by atoms with Gasteiger partial charge in [0.15, 0.2) is 0 Å². The van der Waals surface area contributed by atoms with E-state index >= 15 is 0 Å². The molecule has 0 saturated heterocycles. The van der Waals surface area contributed by atoms with E-state index in [1.54, 1.807) is 0 Å². The third-order valence-corrected chi connectivity index (χ3v) is 3.95. The second kappa shape index (κ2) is 4.34. The molecule has 1 nitrogen and oxygen atoms in total. The van der Waals surface area contributed by atoms with Crippen LogP contribution in [0.1, 0.15) is 0 Å². The maximum Gasteiger partial charge on any atom is 0.0835 e. The Balaban J connectivity index is 2.34. The molecule has 0 radical (unpaired) electrons. The molecule has 2 aromatic carbocycles. The van der Waals surface area contributed by atoms with Gasteiger partial charge in [0, 0.05) is 18.1 Å². The summed E-state index contributed by atoms with van der Waals surface area (Å²) < 4.78 is 2.08. The van der Waals surface area contributed by atoms with Crippen molar-refractivity contribution in [1.82, 2.24) is 4.57 Å². The summed E-state index contributed by atoms with van der Waals surface area (Å²) in [5.41, 5.74) is 3.28. The number of halogens is 2. The lowest BCUT2D eigenvalue weighted by atomic mass is 10.1. The Morgan fingerprint density at radius 3 is 2.39 bits per heavy atom. The molecule has 3 rings (SSSR count). The van der Waals surface area contributed by atoms with Crippen molar-refractivity contribution in [3.05, 3.63) is 58.6 Å². The highest BCUT2D eigenvalue weighted by Crippen LogP contribution is 2.35. The zero-order valence-electron chi connectivity index (χ0n) is 9.82. The van der Waals surface area contributed by atoms with Gasteiger partial charge < -0.3 is 4.57 Å². The molecule has 0 aliphatic rings. The highest BCUT2D eigenvalue weighted by Gasteiger charge is 2.12. The molecule has 0 saturated carbocycles. The van der Waals surface area contributed by atoms with Crippen LogP contribution in [0.15, 0.2) is 48.5 Å². The number of aromatic nitrogens is 1. The van der Waals surface area contributed by atoms with Crippen LogP contribution in [-0.2, 0) is 7.05 Å².